The van der Waals surface area contributed by atoms with Crippen LogP contribution in [0.5, 0.6) is 5.75 Å². The average molecular weight is 387 g/mol. The topological polar surface area (TPSA) is 47.6 Å². The van der Waals surface area contributed by atoms with Crippen LogP contribution < -0.4 is 10.1 Å². The van der Waals surface area contributed by atoms with Gasteiger partial charge in [0.15, 0.2) is 0 Å². The molecule has 1 aromatic carbocycles. The first-order valence-corrected chi connectivity index (χ1v) is 9.51. The van der Waals surface area contributed by atoms with Crippen LogP contribution in [0.3, 0.4) is 0 Å². The first-order chi connectivity index (χ1) is 12.7. The Labute approximate surface area is 158 Å². The highest BCUT2D eigenvalue weighted by atomic mass is 19.4. The van der Waals surface area contributed by atoms with E-state index >= 15 is 0 Å². The van der Waals surface area contributed by atoms with E-state index < -0.39 is 17.3 Å². The lowest BCUT2D eigenvalue weighted by Crippen LogP contribution is -2.48. The summed E-state index contributed by atoms with van der Waals surface area (Å²) in [5.41, 5.74) is -1.78. The number of ether oxygens (including phenoxy) is 2. The molecule has 0 bridgehead atoms. The average Bonchev–Trinajstić information content (AvgIpc) is 2.62. The van der Waals surface area contributed by atoms with Gasteiger partial charge >= 0.3 is 6.18 Å². The molecule has 27 heavy (non-hydrogen) atoms. The van der Waals surface area contributed by atoms with Gasteiger partial charge in [0.25, 0.3) is 5.91 Å². The molecule has 4 nitrogen and oxygen atoms in total. The molecule has 1 aliphatic carbocycles. The summed E-state index contributed by atoms with van der Waals surface area (Å²) in [7, 11) is 0. The number of amides is 1. The van der Waals surface area contributed by atoms with E-state index in [1.54, 1.807) is 6.92 Å². The first-order valence-electron chi connectivity index (χ1n) is 9.51. The van der Waals surface area contributed by atoms with Gasteiger partial charge in [0.2, 0.25) is 0 Å². The van der Waals surface area contributed by atoms with Gasteiger partial charge in [-0.25, -0.2) is 0 Å². The SMILES string of the molecule is CCCOC1(C(=O)Nc2ccc(OCC)c(C(F)(F)F)c2)CCC(C)CC1. The van der Waals surface area contributed by atoms with Crippen LogP contribution in [-0.2, 0) is 15.7 Å². The molecule has 1 amide bonds. The molecule has 1 aliphatic rings. The molecule has 1 fully saturated rings. The van der Waals surface area contributed by atoms with Gasteiger partial charge < -0.3 is 14.8 Å². The maximum atomic E-state index is 13.3. The van der Waals surface area contributed by atoms with Crippen LogP contribution in [0.15, 0.2) is 18.2 Å². The zero-order valence-corrected chi connectivity index (χ0v) is 16.1. The van der Waals surface area contributed by atoms with Crippen molar-refractivity contribution in [3.63, 3.8) is 0 Å². The van der Waals surface area contributed by atoms with Gasteiger partial charge in [-0.15, -0.1) is 0 Å². The van der Waals surface area contributed by atoms with Gasteiger partial charge in [0.1, 0.15) is 11.4 Å². The lowest BCUT2D eigenvalue weighted by molar-refractivity contribution is -0.147. The van der Waals surface area contributed by atoms with Crippen LogP contribution in [0.4, 0.5) is 18.9 Å². The number of carbonyl (C=O) groups is 1. The number of alkyl halides is 3. The fraction of sp³-hybridized carbons (Fsp3) is 0.650. The number of nitrogens with one attached hydrogen (secondary N) is 1. The highest BCUT2D eigenvalue weighted by Crippen LogP contribution is 2.39. The first kappa shape index (κ1) is 21.5. The number of benzene rings is 1. The second-order valence-corrected chi connectivity index (χ2v) is 7.12. The minimum Gasteiger partial charge on any atom is -0.493 e. The monoisotopic (exact) mass is 387 g/mol. The molecular weight excluding hydrogens is 359 g/mol. The van der Waals surface area contributed by atoms with E-state index in [1.807, 2.05) is 6.92 Å². The van der Waals surface area contributed by atoms with Crippen LogP contribution in [0.2, 0.25) is 0 Å². The third kappa shape index (κ3) is 5.37. The Hall–Kier alpha value is -1.76. The highest BCUT2D eigenvalue weighted by Gasteiger charge is 2.42. The van der Waals surface area contributed by atoms with Crippen LogP contribution >= 0.6 is 0 Å². The summed E-state index contributed by atoms with van der Waals surface area (Å²) in [6.45, 7) is 6.28. The van der Waals surface area contributed by atoms with Crippen molar-refractivity contribution < 1.29 is 27.4 Å². The number of halogens is 3. The molecule has 0 radical (unpaired) electrons. The van der Waals surface area contributed by atoms with E-state index in [1.165, 1.54) is 12.1 Å². The van der Waals surface area contributed by atoms with E-state index in [4.69, 9.17) is 9.47 Å². The van der Waals surface area contributed by atoms with Crippen molar-refractivity contribution in [1.29, 1.82) is 0 Å². The normalized spacial score (nSPS) is 23.1. The Balaban J connectivity index is 2.24. The fourth-order valence-electron chi connectivity index (χ4n) is 3.32. The molecule has 0 aliphatic heterocycles. The van der Waals surface area contributed by atoms with Gasteiger partial charge in [0, 0.05) is 12.3 Å². The van der Waals surface area contributed by atoms with E-state index in [0.29, 0.717) is 25.4 Å². The summed E-state index contributed by atoms with van der Waals surface area (Å²) in [4.78, 5) is 12.9. The van der Waals surface area contributed by atoms with Gasteiger partial charge in [-0.1, -0.05) is 13.8 Å². The van der Waals surface area contributed by atoms with Gasteiger partial charge in [0.05, 0.1) is 12.2 Å². The van der Waals surface area contributed by atoms with E-state index in [2.05, 4.69) is 12.2 Å². The molecule has 0 heterocycles. The highest BCUT2D eigenvalue weighted by molar-refractivity contribution is 5.97. The Morgan fingerprint density at radius 3 is 2.48 bits per heavy atom. The van der Waals surface area contributed by atoms with Gasteiger partial charge in [-0.2, -0.15) is 13.2 Å². The van der Waals surface area contributed by atoms with Gasteiger partial charge in [-0.3, -0.25) is 4.79 Å². The molecule has 0 spiro atoms. The minimum atomic E-state index is -4.57. The smallest absolute Gasteiger partial charge is 0.420 e. The third-order valence-corrected chi connectivity index (χ3v) is 4.92. The van der Waals surface area contributed by atoms with E-state index in [9.17, 15) is 18.0 Å². The fourth-order valence-corrected chi connectivity index (χ4v) is 3.32. The van der Waals surface area contributed by atoms with Crippen molar-refractivity contribution in [2.75, 3.05) is 18.5 Å². The Morgan fingerprint density at radius 2 is 1.93 bits per heavy atom. The number of hydrogen-bond donors (Lipinski definition) is 1. The van der Waals surface area contributed by atoms with Crippen LogP contribution in [0, 0.1) is 5.92 Å². The maximum Gasteiger partial charge on any atom is 0.420 e. The molecule has 2 rings (SSSR count). The number of anilines is 1. The predicted octanol–water partition coefficient (Wildman–Crippen LogP) is 5.42. The number of rotatable bonds is 7. The second-order valence-electron chi connectivity index (χ2n) is 7.12. The molecule has 0 unspecified atom stereocenters. The Morgan fingerprint density at radius 1 is 1.26 bits per heavy atom. The standard InChI is InChI=1S/C20H28F3NO3/c1-4-12-27-19(10-8-14(3)9-11-19)18(25)24-15-6-7-17(26-5-2)16(13-15)20(21,22)23/h6-7,13-14H,4-5,8-12H2,1-3H3,(H,24,25). The summed E-state index contributed by atoms with van der Waals surface area (Å²) in [6.07, 6.45) is -0.942. The second kappa shape index (κ2) is 8.95. The van der Waals surface area contributed by atoms with Crippen molar-refractivity contribution in [3.05, 3.63) is 23.8 Å². The quantitative estimate of drug-likeness (QED) is 0.680. The largest absolute Gasteiger partial charge is 0.493 e. The zero-order valence-electron chi connectivity index (χ0n) is 16.1. The summed E-state index contributed by atoms with van der Waals surface area (Å²) in [6, 6.07) is 3.59. The van der Waals surface area contributed by atoms with Crippen LogP contribution in [-0.4, -0.2) is 24.7 Å². The van der Waals surface area contributed by atoms with Crippen molar-refractivity contribution in [3.8, 4) is 5.75 Å². The van der Waals surface area contributed by atoms with E-state index in [-0.39, 0.29) is 24.0 Å². The van der Waals surface area contributed by atoms with Crippen molar-refractivity contribution in [2.24, 2.45) is 5.92 Å². The van der Waals surface area contributed by atoms with Crippen molar-refractivity contribution in [1.82, 2.24) is 0 Å². The Kier molecular flexibility index (Phi) is 7.14. The lowest BCUT2D eigenvalue weighted by Gasteiger charge is -2.38. The zero-order chi connectivity index (χ0) is 20.1. The van der Waals surface area contributed by atoms with Crippen LogP contribution in [0.25, 0.3) is 0 Å². The molecule has 0 saturated heterocycles. The molecule has 7 heteroatoms. The lowest BCUT2D eigenvalue weighted by atomic mass is 9.78. The van der Waals surface area contributed by atoms with Gasteiger partial charge in [-0.05, 0) is 63.1 Å². The summed E-state index contributed by atoms with van der Waals surface area (Å²) in [5.74, 6) is -0.106. The molecule has 1 saturated carbocycles. The molecule has 1 N–H and O–H groups in total. The molecule has 0 aromatic heterocycles. The third-order valence-electron chi connectivity index (χ3n) is 4.92. The van der Waals surface area contributed by atoms with E-state index in [0.717, 1.165) is 25.3 Å². The minimum absolute atomic E-state index is 0.0915. The summed E-state index contributed by atoms with van der Waals surface area (Å²) >= 11 is 0. The van der Waals surface area contributed by atoms with Crippen molar-refractivity contribution in [2.45, 2.75) is 64.7 Å². The Bertz CT molecular complexity index is 632. The predicted molar refractivity (Wildman–Crippen MR) is 97.8 cm³/mol. The summed E-state index contributed by atoms with van der Waals surface area (Å²) in [5, 5.41) is 2.64. The molecule has 152 valence electrons. The number of hydrogen-bond acceptors (Lipinski definition) is 3. The summed E-state index contributed by atoms with van der Waals surface area (Å²) < 4.78 is 50.9. The number of carbonyl (C=O) groups excluding carboxylic acids is 1. The molecule has 0 atom stereocenters. The maximum absolute atomic E-state index is 13.3. The van der Waals surface area contributed by atoms with Crippen molar-refractivity contribution >= 4 is 11.6 Å². The molecule has 1 aromatic rings. The van der Waals surface area contributed by atoms with Crippen LogP contribution in [0.1, 0.15) is 58.4 Å². The molecular formula is C20H28F3NO3.